The molecule has 0 amide bonds. The average Bonchev–Trinajstić information content (AvgIpc) is 2.42. The van der Waals surface area contributed by atoms with E-state index < -0.39 is 4.92 Å². The van der Waals surface area contributed by atoms with Gasteiger partial charge in [-0.2, -0.15) is 5.26 Å². The minimum absolute atomic E-state index is 0.127. The highest BCUT2D eigenvalue weighted by Crippen LogP contribution is 2.38. The number of nitriles is 1. The van der Waals surface area contributed by atoms with Crippen LogP contribution in [-0.4, -0.2) is 4.92 Å². The Hall–Kier alpha value is -1.91. The number of nitro groups is 1. The van der Waals surface area contributed by atoms with Crippen molar-refractivity contribution in [2.75, 3.05) is 0 Å². The fourth-order valence-corrected chi connectivity index (χ4v) is 2.69. The van der Waals surface area contributed by atoms with E-state index in [0.717, 1.165) is 4.47 Å². The Morgan fingerprint density at radius 3 is 2.57 bits per heavy atom. The van der Waals surface area contributed by atoms with Gasteiger partial charge < -0.3 is 4.74 Å². The minimum Gasteiger partial charge on any atom is -0.448 e. The summed E-state index contributed by atoms with van der Waals surface area (Å²) in [5.74, 6) is 0.399. The van der Waals surface area contributed by atoms with Crippen molar-refractivity contribution in [3.05, 3.63) is 60.5 Å². The molecule has 0 aliphatic carbocycles. The van der Waals surface area contributed by atoms with Gasteiger partial charge in [-0.15, -0.1) is 0 Å². The summed E-state index contributed by atoms with van der Waals surface area (Å²) in [4.78, 5) is 10.6. The first-order chi connectivity index (χ1) is 9.92. The summed E-state index contributed by atoms with van der Waals surface area (Å²) in [6, 6.07) is 9.97. The van der Waals surface area contributed by atoms with E-state index in [1.807, 2.05) is 6.07 Å². The smallest absolute Gasteiger partial charge is 0.312 e. The van der Waals surface area contributed by atoms with Crippen molar-refractivity contribution >= 4 is 37.5 Å². The van der Waals surface area contributed by atoms with Crippen LogP contribution in [0.25, 0.3) is 0 Å². The van der Waals surface area contributed by atoms with E-state index in [1.165, 1.54) is 6.07 Å². The van der Waals surface area contributed by atoms with E-state index in [1.54, 1.807) is 31.2 Å². The monoisotopic (exact) mass is 410 g/mol. The highest BCUT2D eigenvalue weighted by Gasteiger charge is 2.20. The number of nitrogens with zero attached hydrogens (tertiary/aromatic N) is 2. The Labute approximate surface area is 137 Å². The number of hydrogen-bond donors (Lipinski definition) is 0. The normalized spacial score (nSPS) is 10.0. The van der Waals surface area contributed by atoms with Gasteiger partial charge in [-0.05, 0) is 36.8 Å². The number of aryl methyl sites for hydroxylation is 1. The van der Waals surface area contributed by atoms with Crippen molar-refractivity contribution in [3.8, 4) is 17.6 Å². The summed E-state index contributed by atoms with van der Waals surface area (Å²) >= 11 is 6.48. The molecule has 0 fully saturated rings. The number of rotatable bonds is 3. The Balaban J connectivity index is 2.55. The van der Waals surface area contributed by atoms with Gasteiger partial charge in [-0.3, -0.25) is 10.1 Å². The van der Waals surface area contributed by atoms with E-state index >= 15 is 0 Å². The molecule has 7 heteroatoms. The molecule has 0 aromatic heterocycles. The Bertz CT molecular complexity index is 770. The zero-order chi connectivity index (χ0) is 15.6. The molecule has 0 heterocycles. The molecule has 2 aromatic rings. The molecule has 0 spiro atoms. The summed E-state index contributed by atoms with van der Waals surface area (Å²) < 4.78 is 6.95. The fourth-order valence-electron chi connectivity index (χ4n) is 1.77. The number of ether oxygens (including phenoxy) is 1. The van der Waals surface area contributed by atoms with Crippen LogP contribution in [0.2, 0.25) is 0 Å². The van der Waals surface area contributed by atoms with Crippen LogP contribution >= 0.6 is 31.9 Å². The van der Waals surface area contributed by atoms with Crippen LogP contribution in [0.5, 0.6) is 11.5 Å². The Morgan fingerprint density at radius 2 is 1.95 bits per heavy atom. The summed E-state index contributed by atoms with van der Waals surface area (Å²) in [5, 5.41) is 20.3. The van der Waals surface area contributed by atoms with Crippen LogP contribution in [0.1, 0.15) is 11.1 Å². The molecule has 5 nitrogen and oxygen atoms in total. The van der Waals surface area contributed by atoms with Gasteiger partial charge in [0.25, 0.3) is 0 Å². The third kappa shape index (κ3) is 3.40. The summed E-state index contributed by atoms with van der Waals surface area (Å²) in [6.45, 7) is 1.71. The predicted molar refractivity (Wildman–Crippen MR) is 84.5 cm³/mol. The van der Waals surface area contributed by atoms with Gasteiger partial charge in [0.1, 0.15) is 11.8 Å². The second-order valence-corrected chi connectivity index (χ2v) is 6.01. The van der Waals surface area contributed by atoms with Crippen LogP contribution < -0.4 is 4.74 Å². The predicted octanol–water partition coefficient (Wildman–Crippen LogP) is 5.09. The van der Waals surface area contributed by atoms with E-state index in [2.05, 4.69) is 31.9 Å². The first kappa shape index (κ1) is 15.5. The molecule has 0 atom stereocenters. The van der Waals surface area contributed by atoms with Crippen molar-refractivity contribution in [3.63, 3.8) is 0 Å². The maximum atomic E-state index is 11.2. The second-order valence-electron chi connectivity index (χ2n) is 4.18. The van der Waals surface area contributed by atoms with Crippen LogP contribution in [0, 0.1) is 28.4 Å². The standard InChI is InChI=1S/C14H8Br2N2O3/c1-8-4-11(16)6-12(18(19)20)14(8)21-13-3-2-10(15)5-9(13)7-17/h2-6H,1H3. The lowest BCUT2D eigenvalue weighted by Gasteiger charge is -2.11. The Morgan fingerprint density at radius 1 is 1.24 bits per heavy atom. The minimum atomic E-state index is -0.516. The largest absolute Gasteiger partial charge is 0.448 e. The number of nitro benzene ring substituents is 1. The lowest BCUT2D eigenvalue weighted by molar-refractivity contribution is -0.385. The molecule has 0 aliphatic heterocycles. The molecule has 2 aromatic carbocycles. The number of halogens is 2. The molecule has 0 aliphatic rings. The van der Waals surface area contributed by atoms with E-state index in [4.69, 9.17) is 10.00 Å². The highest BCUT2D eigenvalue weighted by molar-refractivity contribution is 9.10. The topological polar surface area (TPSA) is 76.2 Å². The molecule has 106 valence electrons. The van der Waals surface area contributed by atoms with Crippen molar-refractivity contribution in [2.45, 2.75) is 6.92 Å². The van der Waals surface area contributed by atoms with E-state index in [-0.39, 0.29) is 17.2 Å². The molecule has 0 radical (unpaired) electrons. The third-order valence-electron chi connectivity index (χ3n) is 2.69. The zero-order valence-corrected chi connectivity index (χ0v) is 13.9. The SMILES string of the molecule is Cc1cc(Br)cc([N+](=O)[O-])c1Oc1ccc(Br)cc1C#N. The highest BCUT2D eigenvalue weighted by atomic mass is 79.9. The number of hydrogen-bond acceptors (Lipinski definition) is 4. The summed E-state index contributed by atoms with van der Waals surface area (Å²) in [6.07, 6.45) is 0. The molecule has 0 N–H and O–H groups in total. The van der Waals surface area contributed by atoms with Gasteiger partial charge in [-0.1, -0.05) is 31.9 Å². The molecule has 0 bridgehead atoms. The average molecular weight is 412 g/mol. The van der Waals surface area contributed by atoms with Gasteiger partial charge in [0.2, 0.25) is 5.75 Å². The molecular weight excluding hydrogens is 404 g/mol. The lowest BCUT2D eigenvalue weighted by atomic mass is 10.2. The van der Waals surface area contributed by atoms with Crippen molar-refractivity contribution in [2.24, 2.45) is 0 Å². The molecule has 21 heavy (non-hydrogen) atoms. The van der Waals surface area contributed by atoms with Crippen LogP contribution in [0.15, 0.2) is 39.3 Å². The first-order valence-electron chi connectivity index (χ1n) is 5.74. The second kappa shape index (κ2) is 6.24. The van der Waals surface area contributed by atoms with Crippen molar-refractivity contribution in [1.82, 2.24) is 0 Å². The van der Waals surface area contributed by atoms with E-state index in [9.17, 15) is 10.1 Å². The molecule has 2 rings (SSSR count). The van der Waals surface area contributed by atoms with Gasteiger partial charge in [0.15, 0.2) is 0 Å². The third-order valence-corrected chi connectivity index (χ3v) is 3.64. The van der Waals surface area contributed by atoms with Gasteiger partial charge in [0.05, 0.1) is 10.5 Å². The lowest BCUT2D eigenvalue weighted by Crippen LogP contribution is -1.97. The Kier molecular flexibility index (Phi) is 4.60. The number of benzene rings is 2. The van der Waals surface area contributed by atoms with Gasteiger partial charge in [0, 0.05) is 15.0 Å². The molecule has 0 saturated heterocycles. The first-order valence-corrected chi connectivity index (χ1v) is 7.33. The van der Waals surface area contributed by atoms with Gasteiger partial charge >= 0.3 is 5.69 Å². The summed E-state index contributed by atoms with van der Waals surface area (Å²) in [5.41, 5.74) is 0.734. The fraction of sp³-hybridized carbons (Fsp3) is 0.0714. The maximum absolute atomic E-state index is 11.2. The van der Waals surface area contributed by atoms with Crippen LogP contribution in [0.4, 0.5) is 5.69 Å². The zero-order valence-electron chi connectivity index (χ0n) is 10.8. The van der Waals surface area contributed by atoms with Crippen molar-refractivity contribution < 1.29 is 9.66 Å². The van der Waals surface area contributed by atoms with Gasteiger partial charge in [-0.25, -0.2) is 0 Å². The molecule has 0 unspecified atom stereocenters. The van der Waals surface area contributed by atoms with Crippen LogP contribution in [0.3, 0.4) is 0 Å². The molecular formula is C14H8Br2N2O3. The quantitative estimate of drug-likeness (QED) is 0.520. The maximum Gasteiger partial charge on any atom is 0.312 e. The molecule has 0 saturated carbocycles. The van der Waals surface area contributed by atoms with Crippen LogP contribution in [-0.2, 0) is 0 Å². The summed E-state index contributed by atoms with van der Waals surface area (Å²) in [7, 11) is 0. The van der Waals surface area contributed by atoms with E-state index in [0.29, 0.717) is 15.6 Å². The van der Waals surface area contributed by atoms with Crippen molar-refractivity contribution in [1.29, 1.82) is 5.26 Å².